The van der Waals surface area contributed by atoms with Gasteiger partial charge in [-0.3, -0.25) is 9.89 Å². The van der Waals surface area contributed by atoms with Crippen LogP contribution in [0, 0.1) is 5.92 Å². The summed E-state index contributed by atoms with van der Waals surface area (Å²) in [5, 5.41) is 13.3. The fraction of sp³-hybridized carbons (Fsp3) is 0.385. The molecule has 1 aliphatic heterocycles. The summed E-state index contributed by atoms with van der Waals surface area (Å²) in [4.78, 5) is 13.2. The van der Waals surface area contributed by atoms with Crippen molar-refractivity contribution in [3.63, 3.8) is 0 Å². The SMILES string of the molecule is Cl.O=C(Nc1cc(-c2ccc(Br)s2)[nH]n1)C1CCNCC1. The highest BCUT2D eigenvalue weighted by atomic mass is 79.9. The maximum Gasteiger partial charge on any atom is 0.228 e. The van der Waals surface area contributed by atoms with E-state index in [0.717, 1.165) is 40.3 Å². The van der Waals surface area contributed by atoms with Crippen LogP contribution in [0.25, 0.3) is 10.6 Å². The summed E-state index contributed by atoms with van der Waals surface area (Å²) in [6.45, 7) is 1.82. The largest absolute Gasteiger partial charge is 0.317 e. The first-order valence-corrected chi connectivity index (χ1v) is 8.16. The molecule has 0 unspecified atom stereocenters. The first-order valence-electron chi connectivity index (χ1n) is 6.55. The van der Waals surface area contributed by atoms with Crippen LogP contribution in [-0.2, 0) is 4.79 Å². The van der Waals surface area contributed by atoms with Gasteiger partial charge in [0.15, 0.2) is 5.82 Å². The van der Waals surface area contributed by atoms with E-state index >= 15 is 0 Å². The number of hydrogen-bond acceptors (Lipinski definition) is 4. The van der Waals surface area contributed by atoms with Crippen LogP contribution in [0.2, 0.25) is 0 Å². The Balaban J connectivity index is 0.00000161. The summed E-state index contributed by atoms with van der Waals surface area (Å²) >= 11 is 5.06. The lowest BCUT2D eigenvalue weighted by Crippen LogP contribution is -2.34. The Hall–Kier alpha value is -0.890. The Morgan fingerprint density at radius 2 is 2.14 bits per heavy atom. The summed E-state index contributed by atoms with van der Waals surface area (Å²) < 4.78 is 1.07. The third-order valence-electron chi connectivity index (χ3n) is 3.38. The molecule has 2 aromatic rings. The van der Waals surface area contributed by atoms with Crippen LogP contribution < -0.4 is 10.6 Å². The van der Waals surface area contributed by atoms with Crippen molar-refractivity contribution < 1.29 is 4.79 Å². The lowest BCUT2D eigenvalue weighted by Gasteiger charge is -2.21. The second kappa shape index (κ2) is 7.40. The third-order valence-corrected chi connectivity index (χ3v) is 5.03. The lowest BCUT2D eigenvalue weighted by atomic mass is 9.97. The van der Waals surface area contributed by atoms with Crippen LogP contribution in [0.15, 0.2) is 22.0 Å². The van der Waals surface area contributed by atoms with E-state index in [0.29, 0.717) is 5.82 Å². The number of nitrogens with one attached hydrogen (secondary N) is 3. The average molecular weight is 392 g/mol. The van der Waals surface area contributed by atoms with Crippen molar-refractivity contribution >= 4 is 51.4 Å². The van der Waals surface area contributed by atoms with Gasteiger partial charge < -0.3 is 10.6 Å². The van der Waals surface area contributed by atoms with E-state index in [9.17, 15) is 4.79 Å². The van der Waals surface area contributed by atoms with E-state index in [1.165, 1.54) is 0 Å². The topological polar surface area (TPSA) is 69.8 Å². The van der Waals surface area contributed by atoms with Crippen LogP contribution >= 0.6 is 39.7 Å². The van der Waals surface area contributed by atoms with Gasteiger partial charge in [0, 0.05) is 12.0 Å². The van der Waals surface area contributed by atoms with E-state index in [2.05, 4.69) is 36.8 Å². The van der Waals surface area contributed by atoms with Crippen molar-refractivity contribution in [3.05, 3.63) is 22.0 Å². The summed E-state index contributed by atoms with van der Waals surface area (Å²) in [6, 6.07) is 5.88. The summed E-state index contributed by atoms with van der Waals surface area (Å²) in [6.07, 6.45) is 1.78. The maximum absolute atomic E-state index is 12.1. The van der Waals surface area contributed by atoms with Crippen LogP contribution in [-0.4, -0.2) is 29.2 Å². The number of nitrogens with zero attached hydrogens (tertiary/aromatic N) is 1. The van der Waals surface area contributed by atoms with E-state index in [4.69, 9.17) is 0 Å². The molecule has 0 radical (unpaired) electrons. The minimum atomic E-state index is 0. The first-order chi connectivity index (χ1) is 9.72. The lowest BCUT2D eigenvalue weighted by molar-refractivity contribution is -0.120. The van der Waals surface area contributed by atoms with Crippen molar-refractivity contribution in [2.45, 2.75) is 12.8 Å². The number of rotatable bonds is 3. The molecule has 2 aromatic heterocycles. The Kier molecular flexibility index (Phi) is 5.80. The normalized spacial score (nSPS) is 15.5. The van der Waals surface area contributed by atoms with E-state index in [1.54, 1.807) is 11.3 Å². The van der Waals surface area contributed by atoms with Crippen LogP contribution in [0.3, 0.4) is 0 Å². The van der Waals surface area contributed by atoms with Crippen molar-refractivity contribution in [1.29, 1.82) is 0 Å². The van der Waals surface area contributed by atoms with E-state index in [1.807, 2.05) is 18.2 Å². The molecule has 3 N–H and O–H groups in total. The molecule has 0 atom stereocenters. The van der Waals surface area contributed by atoms with Crippen molar-refractivity contribution in [1.82, 2.24) is 15.5 Å². The number of H-pyrrole nitrogens is 1. The van der Waals surface area contributed by atoms with Gasteiger partial charge in [-0.15, -0.1) is 23.7 Å². The number of amides is 1. The Morgan fingerprint density at radius 3 is 2.81 bits per heavy atom. The zero-order valence-corrected chi connectivity index (χ0v) is 14.4. The molecule has 3 heterocycles. The Bertz CT molecular complexity index is 609. The summed E-state index contributed by atoms with van der Waals surface area (Å²) in [7, 11) is 0. The van der Waals surface area contributed by atoms with Gasteiger partial charge in [0.05, 0.1) is 14.4 Å². The number of aromatic nitrogens is 2. The molecule has 1 aliphatic rings. The number of anilines is 1. The van der Waals surface area contributed by atoms with Gasteiger partial charge in [-0.25, -0.2) is 0 Å². The van der Waals surface area contributed by atoms with Crippen molar-refractivity contribution in [3.8, 4) is 10.6 Å². The Morgan fingerprint density at radius 1 is 1.38 bits per heavy atom. The van der Waals surface area contributed by atoms with E-state index < -0.39 is 0 Å². The van der Waals surface area contributed by atoms with Gasteiger partial charge in [-0.2, -0.15) is 5.10 Å². The van der Waals surface area contributed by atoms with Crippen molar-refractivity contribution in [2.24, 2.45) is 5.92 Å². The predicted molar refractivity (Wildman–Crippen MR) is 91.1 cm³/mol. The van der Waals surface area contributed by atoms with Gasteiger partial charge in [-0.1, -0.05) is 0 Å². The van der Waals surface area contributed by atoms with Gasteiger partial charge in [0.25, 0.3) is 0 Å². The number of thiophene rings is 1. The molecule has 0 aliphatic carbocycles. The predicted octanol–water partition coefficient (Wildman–Crippen LogP) is 3.26. The number of carbonyl (C=O) groups is 1. The molecular weight excluding hydrogens is 376 g/mol. The van der Waals surface area contributed by atoms with Gasteiger partial charge in [-0.05, 0) is 54.0 Å². The van der Waals surface area contributed by atoms with Gasteiger partial charge >= 0.3 is 0 Å². The van der Waals surface area contributed by atoms with Crippen LogP contribution in [0.5, 0.6) is 0 Å². The molecule has 0 aromatic carbocycles. The second-order valence-electron chi connectivity index (χ2n) is 4.78. The maximum atomic E-state index is 12.1. The third kappa shape index (κ3) is 4.06. The standard InChI is InChI=1S/C13H15BrN4OS.ClH/c14-11-2-1-10(20-11)9-7-12(18-17-9)16-13(19)8-3-5-15-6-4-8;/h1-2,7-8,15H,3-6H2,(H2,16,17,18,19);1H. The minimum absolute atomic E-state index is 0. The number of hydrogen-bond donors (Lipinski definition) is 3. The fourth-order valence-electron chi connectivity index (χ4n) is 2.28. The number of carbonyl (C=O) groups excluding carboxylic acids is 1. The highest BCUT2D eigenvalue weighted by Crippen LogP contribution is 2.31. The molecule has 114 valence electrons. The molecule has 1 saturated heterocycles. The smallest absolute Gasteiger partial charge is 0.228 e. The second-order valence-corrected chi connectivity index (χ2v) is 7.25. The highest BCUT2D eigenvalue weighted by Gasteiger charge is 2.21. The van der Waals surface area contributed by atoms with Gasteiger partial charge in [0.2, 0.25) is 5.91 Å². The number of aromatic amines is 1. The molecular formula is C13H16BrClN4OS. The zero-order valence-electron chi connectivity index (χ0n) is 11.2. The molecule has 1 amide bonds. The van der Waals surface area contributed by atoms with Crippen LogP contribution in [0.4, 0.5) is 5.82 Å². The monoisotopic (exact) mass is 390 g/mol. The van der Waals surface area contributed by atoms with Gasteiger partial charge in [0.1, 0.15) is 0 Å². The van der Waals surface area contributed by atoms with Crippen molar-refractivity contribution in [2.75, 3.05) is 18.4 Å². The molecule has 1 fully saturated rings. The quantitative estimate of drug-likeness (QED) is 0.752. The fourth-order valence-corrected chi connectivity index (χ4v) is 3.64. The number of halogens is 2. The summed E-state index contributed by atoms with van der Waals surface area (Å²) in [5.74, 6) is 0.747. The minimum Gasteiger partial charge on any atom is -0.317 e. The van der Waals surface area contributed by atoms with Crippen LogP contribution in [0.1, 0.15) is 12.8 Å². The molecule has 3 rings (SSSR count). The highest BCUT2D eigenvalue weighted by molar-refractivity contribution is 9.11. The molecule has 5 nitrogen and oxygen atoms in total. The zero-order chi connectivity index (χ0) is 13.9. The summed E-state index contributed by atoms with van der Waals surface area (Å²) in [5.41, 5.74) is 0.918. The molecule has 8 heteroatoms. The molecule has 21 heavy (non-hydrogen) atoms. The molecule has 0 bridgehead atoms. The Labute approximate surface area is 141 Å². The first kappa shape index (κ1) is 16.5. The molecule has 0 saturated carbocycles. The van der Waals surface area contributed by atoms with E-state index in [-0.39, 0.29) is 24.2 Å². The average Bonchev–Trinajstić information content (AvgIpc) is 3.09. The number of piperidine rings is 1. The molecule has 0 spiro atoms.